The summed E-state index contributed by atoms with van der Waals surface area (Å²) in [5, 5.41) is 21.6. The predicted molar refractivity (Wildman–Crippen MR) is 111 cm³/mol. The molecule has 8 saturated carbocycles. The van der Waals surface area contributed by atoms with Gasteiger partial charge in [0.1, 0.15) is 0 Å². The molecule has 4 atom stereocenters. The van der Waals surface area contributed by atoms with E-state index in [1.54, 1.807) is 0 Å². The minimum Gasteiger partial charge on any atom is -0.457 e. The standard InChI is InChI=1S/C25H34O7/c26-19(11-31-20(27)22-3-15-1-16(4-22)8-24(29,7-15)13-22)12-32-21(28)23-5-17-2-18(6-23)10-25(30,9-17)14-23/h15-18,29-30H,1-14H2/t15-,16-,17-,18-,22?,23?,24?,25?/m1/s1. The maximum absolute atomic E-state index is 12.9. The van der Waals surface area contributed by atoms with Gasteiger partial charge in [-0.2, -0.15) is 0 Å². The zero-order valence-electron chi connectivity index (χ0n) is 18.6. The van der Waals surface area contributed by atoms with Gasteiger partial charge in [0.2, 0.25) is 5.78 Å². The zero-order chi connectivity index (χ0) is 22.4. The molecule has 176 valence electrons. The van der Waals surface area contributed by atoms with E-state index >= 15 is 0 Å². The second kappa shape index (κ2) is 6.78. The molecule has 8 aliphatic carbocycles. The van der Waals surface area contributed by atoms with E-state index in [-0.39, 0.29) is 11.9 Å². The molecular formula is C25H34O7. The molecule has 0 amide bonds. The molecule has 8 bridgehead atoms. The van der Waals surface area contributed by atoms with Gasteiger partial charge in [0.25, 0.3) is 0 Å². The van der Waals surface area contributed by atoms with Gasteiger partial charge in [0.05, 0.1) is 22.0 Å². The molecule has 0 aromatic carbocycles. The summed E-state index contributed by atoms with van der Waals surface area (Å²) in [6.45, 7) is -0.798. The molecule has 8 rings (SSSR count). The quantitative estimate of drug-likeness (QED) is 0.603. The van der Waals surface area contributed by atoms with Crippen LogP contribution in [0, 0.1) is 34.5 Å². The average molecular weight is 447 g/mol. The number of Topliss-reactive ketones (excluding diaryl/α,β-unsaturated/α-hetero) is 1. The Morgan fingerprint density at radius 3 is 1.28 bits per heavy atom. The molecule has 2 N–H and O–H groups in total. The first-order chi connectivity index (χ1) is 15.1. The normalized spacial score (nSPS) is 49.8. The van der Waals surface area contributed by atoms with Crippen LogP contribution in [0.15, 0.2) is 0 Å². The lowest BCUT2D eigenvalue weighted by molar-refractivity contribution is -0.198. The van der Waals surface area contributed by atoms with Crippen LogP contribution in [0.25, 0.3) is 0 Å². The molecule has 32 heavy (non-hydrogen) atoms. The fourth-order valence-corrected chi connectivity index (χ4v) is 9.55. The number of aliphatic hydroxyl groups is 2. The maximum atomic E-state index is 12.9. The lowest BCUT2D eigenvalue weighted by Gasteiger charge is -2.58. The summed E-state index contributed by atoms with van der Waals surface area (Å²) < 4.78 is 10.8. The van der Waals surface area contributed by atoms with Crippen LogP contribution in [0.1, 0.15) is 77.0 Å². The third-order valence-electron chi connectivity index (χ3n) is 9.65. The molecule has 0 spiro atoms. The van der Waals surface area contributed by atoms with Gasteiger partial charge >= 0.3 is 11.9 Å². The largest absolute Gasteiger partial charge is 0.457 e. The van der Waals surface area contributed by atoms with Gasteiger partial charge in [-0.25, -0.2) is 0 Å². The minimum atomic E-state index is -0.759. The van der Waals surface area contributed by atoms with Crippen molar-refractivity contribution in [2.45, 2.75) is 88.3 Å². The predicted octanol–water partition coefficient (Wildman–Crippen LogP) is 2.30. The molecule has 0 heterocycles. The number of rotatable bonds is 6. The van der Waals surface area contributed by atoms with Gasteiger partial charge < -0.3 is 19.7 Å². The molecule has 0 aromatic heterocycles. The van der Waals surface area contributed by atoms with Crippen LogP contribution in [0.4, 0.5) is 0 Å². The number of ether oxygens (including phenoxy) is 2. The summed E-state index contributed by atoms with van der Waals surface area (Å²) in [7, 11) is 0. The first-order valence-electron chi connectivity index (χ1n) is 12.4. The van der Waals surface area contributed by atoms with Gasteiger partial charge in [-0.05, 0) is 101 Å². The summed E-state index contributed by atoms with van der Waals surface area (Å²) in [6.07, 6.45) is 9.05. The van der Waals surface area contributed by atoms with E-state index in [2.05, 4.69) is 0 Å². The van der Waals surface area contributed by atoms with Crippen molar-refractivity contribution >= 4 is 17.7 Å². The topological polar surface area (TPSA) is 110 Å². The van der Waals surface area contributed by atoms with Crippen molar-refractivity contribution in [3.05, 3.63) is 0 Å². The zero-order valence-corrected chi connectivity index (χ0v) is 18.6. The van der Waals surface area contributed by atoms with E-state index in [1.165, 1.54) is 0 Å². The summed E-state index contributed by atoms with van der Waals surface area (Å²) in [5.74, 6) is 0.252. The Bertz CT molecular complexity index is 766. The van der Waals surface area contributed by atoms with Gasteiger partial charge in [0.15, 0.2) is 13.2 Å². The number of carbonyl (C=O) groups is 3. The Kier molecular flexibility index (Phi) is 4.47. The van der Waals surface area contributed by atoms with E-state index in [1.807, 2.05) is 0 Å². The highest BCUT2D eigenvalue weighted by atomic mass is 16.6. The number of carbonyl (C=O) groups excluding carboxylic acids is 3. The fraction of sp³-hybridized carbons (Fsp3) is 0.880. The second-order valence-corrected chi connectivity index (χ2v) is 12.6. The molecule has 0 aliphatic heterocycles. The molecule has 7 nitrogen and oxygen atoms in total. The van der Waals surface area contributed by atoms with E-state index in [9.17, 15) is 24.6 Å². The van der Waals surface area contributed by atoms with E-state index < -0.39 is 41.0 Å². The molecule has 0 unspecified atom stereocenters. The van der Waals surface area contributed by atoms with Gasteiger partial charge in [-0.15, -0.1) is 0 Å². The Morgan fingerprint density at radius 2 is 0.969 bits per heavy atom. The van der Waals surface area contributed by atoms with Crippen molar-refractivity contribution in [3.63, 3.8) is 0 Å². The van der Waals surface area contributed by atoms with Crippen LogP contribution >= 0.6 is 0 Å². The first-order valence-corrected chi connectivity index (χ1v) is 12.4. The lowest BCUT2D eigenvalue weighted by Crippen LogP contribution is -2.58. The Labute approximate surface area is 188 Å². The lowest BCUT2D eigenvalue weighted by atomic mass is 9.48. The van der Waals surface area contributed by atoms with Crippen molar-refractivity contribution in [3.8, 4) is 0 Å². The summed E-state index contributed by atoms with van der Waals surface area (Å²) in [5.41, 5.74) is -2.84. The van der Waals surface area contributed by atoms with Gasteiger partial charge in [-0.1, -0.05) is 0 Å². The highest BCUT2D eigenvalue weighted by molar-refractivity contribution is 5.87. The van der Waals surface area contributed by atoms with E-state index in [0.717, 1.165) is 64.2 Å². The molecule has 7 heteroatoms. The molecule has 8 fully saturated rings. The highest BCUT2D eigenvalue weighted by Gasteiger charge is 2.62. The van der Waals surface area contributed by atoms with Crippen molar-refractivity contribution in [2.24, 2.45) is 34.5 Å². The SMILES string of the molecule is O=C(COC(=O)C12C[C@H]3C[C@@H](CC(O)(C3)C1)C2)COC(=O)C12C[C@H]3C[C@@H](CC(O)(C3)C1)C2. The average Bonchev–Trinajstić information content (AvgIpc) is 2.66. The molecule has 0 saturated heterocycles. The fourth-order valence-electron chi connectivity index (χ4n) is 9.55. The monoisotopic (exact) mass is 446 g/mol. The van der Waals surface area contributed by atoms with Crippen LogP contribution in [0.5, 0.6) is 0 Å². The molecule has 0 radical (unpaired) electrons. The van der Waals surface area contributed by atoms with Crippen molar-refractivity contribution in [1.29, 1.82) is 0 Å². The number of ketones is 1. The second-order valence-electron chi connectivity index (χ2n) is 12.6. The van der Waals surface area contributed by atoms with Crippen molar-refractivity contribution in [1.82, 2.24) is 0 Å². The molecular weight excluding hydrogens is 412 g/mol. The van der Waals surface area contributed by atoms with Crippen LogP contribution < -0.4 is 0 Å². The van der Waals surface area contributed by atoms with Crippen LogP contribution in [0.2, 0.25) is 0 Å². The Hall–Kier alpha value is -1.47. The smallest absolute Gasteiger partial charge is 0.312 e. The van der Waals surface area contributed by atoms with Crippen LogP contribution in [-0.4, -0.2) is 52.4 Å². The number of esters is 2. The third-order valence-corrected chi connectivity index (χ3v) is 9.65. The van der Waals surface area contributed by atoms with Crippen LogP contribution in [0.3, 0.4) is 0 Å². The van der Waals surface area contributed by atoms with E-state index in [4.69, 9.17) is 9.47 Å². The minimum absolute atomic E-state index is 0.362. The summed E-state index contributed by atoms with van der Waals surface area (Å²) >= 11 is 0. The molecule has 8 aliphatic rings. The first kappa shape index (κ1) is 21.1. The summed E-state index contributed by atoms with van der Waals surface area (Å²) in [4.78, 5) is 38.2. The maximum Gasteiger partial charge on any atom is 0.312 e. The summed E-state index contributed by atoms with van der Waals surface area (Å²) in [6, 6.07) is 0. The van der Waals surface area contributed by atoms with Crippen molar-refractivity contribution in [2.75, 3.05) is 13.2 Å². The number of hydrogen-bond acceptors (Lipinski definition) is 7. The Morgan fingerprint density at radius 1 is 0.625 bits per heavy atom. The Balaban J connectivity index is 1.02. The number of hydrogen-bond donors (Lipinski definition) is 2. The van der Waals surface area contributed by atoms with Crippen LogP contribution in [-0.2, 0) is 23.9 Å². The molecule has 0 aromatic rings. The van der Waals surface area contributed by atoms with Gasteiger partial charge in [0, 0.05) is 0 Å². The van der Waals surface area contributed by atoms with Crippen molar-refractivity contribution < 1.29 is 34.1 Å². The highest BCUT2D eigenvalue weighted by Crippen LogP contribution is 2.63. The van der Waals surface area contributed by atoms with Gasteiger partial charge in [-0.3, -0.25) is 14.4 Å². The third kappa shape index (κ3) is 3.33. The van der Waals surface area contributed by atoms with E-state index in [0.29, 0.717) is 36.5 Å².